The zero-order valence-electron chi connectivity index (χ0n) is 11.2. The molecule has 0 atom stereocenters. The van der Waals surface area contributed by atoms with E-state index in [0.29, 0.717) is 31.7 Å². The molecule has 0 fully saturated rings. The number of hydrogen-bond acceptors (Lipinski definition) is 6. The molecule has 0 amide bonds. The highest BCUT2D eigenvalue weighted by atomic mass is 32.2. The van der Waals surface area contributed by atoms with Crippen molar-refractivity contribution < 1.29 is 0 Å². The van der Waals surface area contributed by atoms with Crippen LogP contribution in [0.15, 0.2) is 30.0 Å². The van der Waals surface area contributed by atoms with Gasteiger partial charge in [-0.05, 0) is 35.4 Å². The van der Waals surface area contributed by atoms with Crippen molar-refractivity contribution in [1.29, 1.82) is 0 Å². The molecular formula is C9H9N9S3. The van der Waals surface area contributed by atoms with Gasteiger partial charge in [-0.25, -0.2) is 0 Å². The summed E-state index contributed by atoms with van der Waals surface area (Å²) in [6.45, 7) is 0. The molecule has 1 aromatic carbocycles. The van der Waals surface area contributed by atoms with Gasteiger partial charge in [-0.1, -0.05) is 15.3 Å². The predicted molar refractivity (Wildman–Crippen MR) is 88.2 cm³/mol. The smallest absolute Gasteiger partial charge is 0.0657 e. The topological polar surface area (TPSA) is 146 Å². The molecule has 21 heavy (non-hydrogen) atoms. The summed E-state index contributed by atoms with van der Waals surface area (Å²) in [4.78, 5) is 10.1. The van der Waals surface area contributed by atoms with Crippen LogP contribution in [0.4, 0.5) is 17.1 Å². The van der Waals surface area contributed by atoms with Gasteiger partial charge in [0, 0.05) is 29.4 Å². The van der Waals surface area contributed by atoms with Gasteiger partial charge in [-0.15, -0.1) is 35.3 Å². The van der Waals surface area contributed by atoms with Crippen LogP contribution in [-0.2, 0) is 0 Å². The van der Waals surface area contributed by atoms with Gasteiger partial charge in [-0.3, -0.25) is 0 Å². The van der Waals surface area contributed by atoms with E-state index in [9.17, 15) is 0 Å². The minimum absolute atomic E-state index is 0.306. The highest BCUT2D eigenvalue weighted by Gasteiger charge is 2.21. The third kappa shape index (κ3) is 3.45. The molecule has 0 bridgehead atoms. The summed E-state index contributed by atoms with van der Waals surface area (Å²) in [5.74, 6) is 0. The summed E-state index contributed by atoms with van der Waals surface area (Å²) in [7, 11) is 0. The van der Waals surface area contributed by atoms with Gasteiger partial charge in [0.05, 0.1) is 17.1 Å². The summed E-state index contributed by atoms with van der Waals surface area (Å²) in [5.41, 5.74) is 27.2. The van der Waals surface area contributed by atoms with Crippen molar-refractivity contribution in [3.05, 3.63) is 31.3 Å². The van der Waals surface area contributed by atoms with Crippen LogP contribution in [0.25, 0.3) is 31.3 Å². The maximum absolute atomic E-state index is 8.76. The molecule has 0 aliphatic carbocycles. The molecule has 0 aliphatic rings. The number of nitrogens with zero attached hydrogens (tertiary/aromatic N) is 9. The third-order valence-electron chi connectivity index (χ3n) is 2.34. The molecule has 0 saturated heterocycles. The first kappa shape index (κ1) is 17.3. The normalized spacial score (nSPS) is 9.29. The van der Waals surface area contributed by atoms with Gasteiger partial charge < -0.3 is 0 Å². The molecule has 0 aromatic heterocycles. The number of thioether (sulfide) groups is 3. The maximum Gasteiger partial charge on any atom is 0.0657 e. The standard InChI is InChI=1S/C9H9N9S3/c1-19-7-4(13-16-10)8(20-2)6(15-18-12)9(21-3)5(7)14-17-11/h1-3H3. The van der Waals surface area contributed by atoms with Crippen molar-refractivity contribution in [2.24, 2.45) is 15.3 Å². The van der Waals surface area contributed by atoms with Crippen molar-refractivity contribution >= 4 is 52.3 Å². The third-order valence-corrected chi connectivity index (χ3v) is 4.72. The number of azide groups is 3. The maximum atomic E-state index is 8.76. The van der Waals surface area contributed by atoms with E-state index in [4.69, 9.17) is 16.6 Å². The van der Waals surface area contributed by atoms with Crippen molar-refractivity contribution in [1.82, 2.24) is 0 Å². The Morgan fingerprint density at radius 3 is 1.00 bits per heavy atom. The molecule has 1 rings (SSSR count). The van der Waals surface area contributed by atoms with E-state index >= 15 is 0 Å². The Labute approximate surface area is 132 Å². The highest BCUT2D eigenvalue weighted by Crippen LogP contribution is 2.54. The fraction of sp³-hybridized carbons (Fsp3) is 0.333. The molecule has 0 spiro atoms. The van der Waals surface area contributed by atoms with Crippen LogP contribution < -0.4 is 0 Å². The van der Waals surface area contributed by atoms with E-state index in [1.807, 2.05) is 0 Å². The molecule has 0 heterocycles. The molecule has 0 saturated carbocycles. The van der Waals surface area contributed by atoms with Crippen LogP contribution in [0.3, 0.4) is 0 Å². The van der Waals surface area contributed by atoms with Crippen LogP contribution in [0.5, 0.6) is 0 Å². The molecule has 9 nitrogen and oxygen atoms in total. The lowest BCUT2D eigenvalue weighted by Gasteiger charge is -2.17. The minimum atomic E-state index is 0.306. The average Bonchev–Trinajstić information content (AvgIpc) is 2.49. The quantitative estimate of drug-likeness (QED) is 0.246. The molecule has 0 radical (unpaired) electrons. The SMILES string of the molecule is CSc1c(N=[N+]=[N-])c(SC)c(N=[N+]=[N-])c(SC)c1N=[N+]=[N-]. The molecule has 0 N–H and O–H groups in total. The molecule has 1 aromatic rings. The Balaban J connectivity index is 4.09. The van der Waals surface area contributed by atoms with Gasteiger partial charge >= 0.3 is 0 Å². The largest absolute Gasteiger partial charge is 0.129 e. The fourth-order valence-electron chi connectivity index (χ4n) is 1.63. The molecular weight excluding hydrogens is 330 g/mol. The second-order valence-corrected chi connectivity index (χ2v) is 5.66. The second kappa shape index (κ2) is 8.48. The van der Waals surface area contributed by atoms with Crippen molar-refractivity contribution in [3.8, 4) is 0 Å². The van der Waals surface area contributed by atoms with Gasteiger partial charge in [0.2, 0.25) is 0 Å². The first-order valence-electron chi connectivity index (χ1n) is 5.21. The first-order chi connectivity index (χ1) is 10.2. The Morgan fingerprint density at radius 1 is 0.619 bits per heavy atom. The van der Waals surface area contributed by atoms with Crippen molar-refractivity contribution in [3.63, 3.8) is 0 Å². The van der Waals surface area contributed by atoms with Gasteiger partial charge in [-0.2, -0.15) is 0 Å². The van der Waals surface area contributed by atoms with Crippen LogP contribution in [0.2, 0.25) is 0 Å². The average molecular weight is 339 g/mol. The summed E-state index contributed by atoms with van der Waals surface area (Å²) >= 11 is 3.89. The summed E-state index contributed by atoms with van der Waals surface area (Å²) < 4.78 is 0. The zero-order chi connectivity index (χ0) is 15.8. The van der Waals surface area contributed by atoms with Gasteiger partial charge in [0.15, 0.2) is 0 Å². The Hall–Kier alpha value is -1.80. The summed E-state index contributed by atoms with van der Waals surface area (Å²) in [5, 5.41) is 11.0. The highest BCUT2D eigenvalue weighted by molar-refractivity contribution is 8.00. The molecule has 12 heteroatoms. The Morgan fingerprint density at radius 2 is 0.857 bits per heavy atom. The van der Waals surface area contributed by atoms with Gasteiger partial charge in [0.1, 0.15) is 0 Å². The first-order valence-corrected chi connectivity index (χ1v) is 8.88. The molecule has 0 unspecified atom stereocenters. The van der Waals surface area contributed by atoms with Crippen LogP contribution in [0, 0.1) is 0 Å². The summed E-state index contributed by atoms with van der Waals surface area (Å²) in [6.07, 6.45) is 5.34. The number of rotatable bonds is 6. The lowest BCUT2D eigenvalue weighted by Crippen LogP contribution is -1.85. The minimum Gasteiger partial charge on any atom is -0.129 e. The molecule has 108 valence electrons. The van der Waals surface area contributed by atoms with E-state index in [2.05, 4.69) is 30.1 Å². The van der Waals surface area contributed by atoms with E-state index in [1.165, 1.54) is 35.3 Å². The Bertz CT molecular complexity index is 581. The van der Waals surface area contributed by atoms with E-state index in [0.717, 1.165) is 0 Å². The van der Waals surface area contributed by atoms with Crippen LogP contribution in [0.1, 0.15) is 0 Å². The van der Waals surface area contributed by atoms with Gasteiger partial charge in [0.25, 0.3) is 0 Å². The second-order valence-electron chi connectivity index (χ2n) is 3.21. The fourth-order valence-corrected chi connectivity index (χ4v) is 3.84. The number of hydrogen-bond donors (Lipinski definition) is 0. The van der Waals surface area contributed by atoms with Crippen LogP contribution >= 0.6 is 35.3 Å². The van der Waals surface area contributed by atoms with Crippen molar-refractivity contribution in [2.75, 3.05) is 18.8 Å². The van der Waals surface area contributed by atoms with E-state index in [-0.39, 0.29) is 0 Å². The van der Waals surface area contributed by atoms with E-state index < -0.39 is 0 Å². The Kier molecular flexibility index (Phi) is 6.97. The monoisotopic (exact) mass is 339 g/mol. The lowest BCUT2D eigenvalue weighted by atomic mass is 10.2. The predicted octanol–water partition coefficient (Wildman–Crippen LogP) is 6.68. The summed E-state index contributed by atoms with van der Waals surface area (Å²) in [6, 6.07) is 0. The molecule has 0 aliphatic heterocycles. The zero-order valence-corrected chi connectivity index (χ0v) is 13.7. The lowest BCUT2D eigenvalue weighted by molar-refractivity contribution is 1.14. The van der Waals surface area contributed by atoms with Crippen molar-refractivity contribution in [2.45, 2.75) is 14.7 Å². The number of benzene rings is 1. The van der Waals surface area contributed by atoms with E-state index in [1.54, 1.807) is 18.8 Å². The van der Waals surface area contributed by atoms with Crippen LogP contribution in [-0.4, -0.2) is 18.8 Å².